The van der Waals surface area contributed by atoms with E-state index in [0.717, 1.165) is 23.7 Å². The minimum Gasteiger partial charge on any atom is -0.0914 e. The van der Waals surface area contributed by atoms with Gasteiger partial charge in [-0.2, -0.15) is 0 Å². The van der Waals surface area contributed by atoms with Crippen molar-refractivity contribution in [2.75, 3.05) is 0 Å². The summed E-state index contributed by atoms with van der Waals surface area (Å²) in [5.74, 6) is 3.73. The average molecular weight is 222 g/mol. The number of allylic oxidation sites excluding steroid dienone is 2. The lowest BCUT2D eigenvalue weighted by atomic mass is 9.74. The Labute approximate surface area is 103 Å². The van der Waals surface area contributed by atoms with E-state index < -0.39 is 0 Å². The molecule has 0 aromatic carbocycles. The lowest BCUT2D eigenvalue weighted by Gasteiger charge is -2.31. The molecule has 1 unspecified atom stereocenters. The van der Waals surface area contributed by atoms with E-state index in [2.05, 4.69) is 39.8 Å². The average Bonchev–Trinajstić information content (AvgIpc) is 2.27. The first-order valence-electron chi connectivity index (χ1n) is 7.26. The smallest absolute Gasteiger partial charge is 0.0233 e. The minimum absolute atomic E-state index is 0.877. The molecule has 0 aliphatic heterocycles. The quantitative estimate of drug-likeness (QED) is 0.543. The van der Waals surface area contributed by atoms with E-state index in [1.807, 2.05) is 0 Å². The van der Waals surface area contributed by atoms with Crippen LogP contribution >= 0.6 is 0 Å². The molecular weight excluding hydrogens is 192 g/mol. The third-order valence-corrected chi connectivity index (χ3v) is 4.29. The van der Waals surface area contributed by atoms with Crippen LogP contribution in [-0.4, -0.2) is 0 Å². The zero-order valence-electron chi connectivity index (χ0n) is 11.7. The standard InChI is InChI=1S/C16H30/c1-5-6-15-9-11-16(12-10-15)14(4)8-7-13(2)3/h5-6,13-16H,7-12H2,1-4H3/b6-5+. The zero-order chi connectivity index (χ0) is 12.0. The van der Waals surface area contributed by atoms with Gasteiger partial charge in [0.25, 0.3) is 0 Å². The van der Waals surface area contributed by atoms with E-state index in [0.29, 0.717) is 0 Å². The van der Waals surface area contributed by atoms with Crippen molar-refractivity contribution in [1.29, 1.82) is 0 Å². The molecule has 1 aliphatic rings. The molecule has 0 heterocycles. The van der Waals surface area contributed by atoms with Crippen LogP contribution < -0.4 is 0 Å². The van der Waals surface area contributed by atoms with Crippen molar-refractivity contribution < 1.29 is 0 Å². The molecule has 0 N–H and O–H groups in total. The third kappa shape index (κ3) is 4.72. The van der Waals surface area contributed by atoms with Crippen molar-refractivity contribution in [3.8, 4) is 0 Å². The molecule has 0 aromatic heterocycles. The molecule has 0 amide bonds. The Balaban J connectivity index is 2.24. The van der Waals surface area contributed by atoms with Gasteiger partial charge in [0.1, 0.15) is 0 Å². The van der Waals surface area contributed by atoms with Crippen molar-refractivity contribution >= 4 is 0 Å². The molecule has 0 radical (unpaired) electrons. The second-order valence-electron chi connectivity index (χ2n) is 6.15. The molecule has 16 heavy (non-hydrogen) atoms. The first kappa shape index (κ1) is 13.8. The highest BCUT2D eigenvalue weighted by Crippen LogP contribution is 2.36. The molecule has 0 nitrogen and oxygen atoms in total. The SMILES string of the molecule is C/C=C/C1CCC(C(C)CCC(C)C)CC1. The van der Waals surface area contributed by atoms with Gasteiger partial charge in [0, 0.05) is 0 Å². The van der Waals surface area contributed by atoms with Crippen molar-refractivity contribution in [2.24, 2.45) is 23.7 Å². The van der Waals surface area contributed by atoms with Crippen LogP contribution in [0.2, 0.25) is 0 Å². The van der Waals surface area contributed by atoms with Crippen LogP contribution in [0.4, 0.5) is 0 Å². The van der Waals surface area contributed by atoms with Gasteiger partial charge in [0.05, 0.1) is 0 Å². The fourth-order valence-corrected chi connectivity index (χ4v) is 3.01. The van der Waals surface area contributed by atoms with Crippen LogP contribution in [0.3, 0.4) is 0 Å². The molecule has 0 aromatic rings. The molecule has 0 spiro atoms. The van der Waals surface area contributed by atoms with Crippen molar-refractivity contribution in [3.63, 3.8) is 0 Å². The number of rotatable bonds is 5. The van der Waals surface area contributed by atoms with Gasteiger partial charge < -0.3 is 0 Å². The highest BCUT2D eigenvalue weighted by atomic mass is 14.3. The Kier molecular flexibility index (Phi) is 6.16. The topological polar surface area (TPSA) is 0 Å². The van der Waals surface area contributed by atoms with Gasteiger partial charge in [0.2, 0.25) is 0 Å². The summed E-state index contributed by atoms with van der Waals surface area (Å²) in [6.07, 6.45) is 13.3. The molecule has 1 saturated carbocycles. The normalized spacial score (nSPS) is 28.8. The van der Waals surface area contributed by atoms with E-state index >= 15 is 0 Å². The van der Waals surface area contributed by atoms with E-state index in [-0.39, 0.29) is 0 Å². The molecule has 1 atom stereocenters. The van der Waals surface area contributed by atoms with Crippen LogP contribution in [0.1, 0.15) is 66.2 Å². The molecule has 1 aliphatic carbocycles. The summed E-state index contributed by atoms with van der Waals surface area (Å²) in [6.45, 7) is 9.31. The third-order valence-electron chi connectivity index (χ3n) is 4.29. The van der Waals surface area contributed by atoms with Crippen molar-refractivity contribution in [2.45, 2.75) is 66.2 Å². The van der Waals surface area contributed by atoms with Crippen LogP contribution in [0.15, 0.2) is 12.2 Å². The van der Waals surface area contributed by atoms with E-state index in [1.54, 1.807) is 0 Å². The van der Waals surface area contributed by atoms with Crippen LogP contribution in [0, 0.1) is 23.7 Å². The fraction of sp³-hybridized carbons (Fsp3) is 0.875. The van der Waals surface area contributed by atoms with Gasteiger partial charge in [-0.05, 0) is 56.3 Å². The largest absolute Gasteiger partial charge is 0.0914 e. The summed E-state index contributed by atoms with van der Waals surface area (Å²) in [6, 6.07) is 0. The van der Waals surface area contributed by atoms with Gasteiger partial charge >= 0.3 is 0 Å². The van der Waals surface area contributed by atoms with Gasteiger partial charge in [-0.15, -0.1) is 0 Å². The van der Waals surface area contributed by atoms with Crippen LogP contribution in [0.5, 0.6) is 0 Å². The van der Waals surface area contributed by atoms with Gasteiger partial charge in [0.15, 0.2) is 0 Å². The Morgan fingerprint density at radius 1 is 1.00 bits per heavy atom. The fourth-order valence-electron chi connectivity index (χ4n) is 3.01. The summed E-state index contributed by atoms with van der Waals surface area (Å²) >= 11 is 0. The Bertz CT molecular complexity index is 194. The molecule has 0 heteroatoms. The maximum absolute atomic E-state index is 2.48. The molecule has 0 bridgehead atoms. The predicted molar refractivity (Wildman–Crippen MR) is 73.5 cm³/mol. The van der Waals surface area contributed by atoms with Crippen LogP contribution in [-0.2, 0) is 0 Å². The first-order valence-corrected chi connectivity index (χ1v) is 7.26. The Hall–Kier alpha value is -0.260. The predicted octanol–water partition coefficient (Wildman–Crippen LogP) is 5.44. The van der Waals surface area contributed by atoms with E-state index in [1.165, 1.54) is 38.5 Å². The summed E-state index contributed by atoms with van der Waals surface area (Å²) in [4.78, 5) is 0. The highest BCUT2D eigenvalue weighted by molar-refractivity contribution is 4.89. The Morgan fingerprint density at radius 3 is 2.12 bits per heavy atom. The summed E-state index contributed by atoms with van der Waals surface area (Å²) in [5, 5.41) is 0. The Morgan fingerprint density at radius 2 is 1.62 bits per heavy atom. The monoisotopic (exact) mass is 222 g/mol. The summed E-state index contributed by atoms with van der Waals surface area (Å²) < 4.78 is 0. The maximum Gasteiger partial charge on any atom is -0.0233 e. The molecule has 1 rings (SSSR count). The molecule has 1 fully saturated rings. The molecular formula is C16H30. The first-order chi connectivity index (χ1) is 7.63. The van der Waals surface area contributed by atoms with E-state index in [4.69, 9.17) is 0 Å². The highest BCUT2D eigenvalue weighted by Gasteiger charge is 2.23. The number of hydrogen-bond donors (Lipinski definition) is 0. The maximum atomic E-state index is 2.48. The van der Waals surface area contributed by atoms with Crippen molar-refractivity contribution in [3.05, 3.63) is 12.2 Å². The second kappa shape index (κ2) is 7.14. The molecule has 0 saturated heterocycles. The second-order valence-corrected chi connectivity index (χ2v) is 6.15. The van der Waals surface area contributed by atoms with Crippen LogP contribution in [0.25, 0.3) is 0 Å². The lowest BCUT2D eigenvalue weighted by Crippen LogP contribution is -2.19. The minimum atomic E-state index is 0.877. The van der Waals surface area contributed by atoms with Crippen molar-refractivity contribution in [1.82, 2.24) is 0 Å². The number of hydrogen-bond acceptors (Lipinski definition) is 0. The van der Waals surface area contributed by atoms with Gasteiger partial charge in [-0.25, -0.2) is 0 Å². The lowest BCUT2D eigenvalue weighted by molar-refractivity contribution is 0.219. The molecule has 94 valence electrons. The van der Waals surface area contributed by atoms with Gasteiger partial charge in [-0.1, -0.05) is 45.8 Å². The summed E-state index contributed by atoms with van der Waals surface area (Å²) in [5.41, 5.74) is 0. The zero-order valence-corrected chi connectivity index (χ0v) is 11.7. The van der Waals surface area contributed by atoms with E-state index in [9.17, 15) is 0 Å². The van der Waals surface area contributed by atoms with Gasteiger partial charge in [-0.3, -0.25) is 0 Å². The summed E-state index contributed by atoms with van der Waals surface area (Å²) in [7, 11) is 0.